The van der Waals surface area contributed by atoms with Gasteiger partial charge in [-0.2, -0.15) is 0 Å². The maximum atomic E-state index is 13.6. The van der Waals surface area contributed by atoms with Crippen LogP contribution in [0.1, 0.15) is 24.2 Å². The highest BCUT2D eigenvalue weighted by Crippen LogP contribution is 2.11. The number of benzene rings is 1. The first-order chi connectivity index (χ1) is 10.7. The lowest BCUT2D eigenvalue weighted by atomic mass is 10.0. The van der Waals surface area contributed by atoms with Crippen LogP contribution in [0.15, 0.2) is 24.3 Å². The topological polar surface area (TPSA) is 84.2 Å². The Balaban J connectivity index is 0.00000529. The summed E-state index contributed by atoms with van der Waals surface area (Å²) in [6.45, 7) is 1.43. The number of carbonyl (C=O) groups is 2. The lowest BCUT2D eigenvalue weighted by Crippen LogP contribution is -2.52. The van der Waals surface area contributed by atoms with Crippen LogP contribution >= 0.6 is 12.4 Å². The van der Waals surface area contributed by atoms with Crippen LogP contribution in [-0.4, -0.2) is 36.9 Å². The van der Waals surface area contributed by atoms with Gasteiger partial charge < -0.3 is 16.4 Å². The number of halogens is 4. The molecule has 4 N–H and O–H groups in total. The Morgan fingerprint density at radius 2 is 1.83 bits per heavy atom. The van der Waals surface area contributed by atoms with Crippen molar-refractivity contribution in [2.24, 2.45) is 11.7 Å². The summed E-state index contributed by atoms with van der Waals surface area (Å²) in [6, 6.07) is 4.21. The van der Waals surface area contributed by atoms with Gasteiger partial charge >= 0.3 is 0 Å². The second-order valence-corrected chi connectivity index (χ2v) is 5.45. The molecule has 1 unspecified atom stereocenters. The Morgan fingerprint density at radius 3 is 2.33 bits per heavy atom. The Labute approximate surface area is 144 Å². The summed E-state index contributed by atoms with van der Waals surface area (Å²) in [5.74, 6) is -5.91. The molecule has 0 aromatic heterocycles. The normalized spacial score (nSPS) is 12.3. The van der Waals surface area contributed by atoms with Crippen LogP contribution in [0.25, 0.3) is 0 Å². The minimum absolute atomic E-state index is 0. The summed E-state index contributed by atoms with van der Waals surface area (Å²) in [5.41, 5.74) is 4.67. The van der Waals surface area contributed by atoms with Crippen molar-refractivity contribution in [1.29, 1.82) is 0 Å². The van der Waals surface area contributed by atoms with Crippen LogP contribution in [0.5, 0.6) is 0 Å². The predicted molar refractivity (Wildman–Crippen MR) is 86.8 cm³/mol. The molecule has 0 aliphatic heterocycles. The summed E-state index contributed by atoms with van der Waals surface area (Å²) < 4.78 is 39.7. The zero-order chi connectivity index (χ0) is 17.6. The molecular weight excluding hydrogens is 347 g/mol. The van der Waals surface area contributed by atoms with Gasteiger partial charge in [-0.05, 0) is 18.1 Å². The van der Waals surface area contributed by atoms with Gasteiger partial charge in [-0.3, -0.25) is 9.59 Å². The molecule has 1 aromatic rings. The zero-order valence-corrected chi connectivity index (χ0v) is 14.1. The van der Waals surface area contributed by atoms with Crippen LogP contribution < -0.4 is 16.4 Å². The summed E-state index contributed by atoms with van der Waals surface area (Å²) in [6.07, 6.45) is 0. The molecule has 1 aromatic carbocycles. The van der Waals surface area contributed by atoms with E-state index < -0.39 is 42.7 Å². The molecule has 0 aliphatic rings. The van der Waals surface area contributed by atoms with E-state index >= 15 is 0 Å². The van der Waals surface area contributed by atoms with E-state index in [0.717, 1.165) is 6.07 Å². The van der Waals surface area contributed by atoms with Crippen molar-refractivity contribution < 1.29 is 22.8 Å². The third-order valence-electron chi connectivity index (χ3n) is 3.17. The van der Waals surface area contributed by atoms with Crippen molar-refractivity contribution in [2.45, 2.75) is 25.8 Å². The van der Waals surface area contributed by atoms with E-state index in [1.165, 1.54) is 18.2 Å². The second-order valence-electron chi connectivity index (χ2n) is 5.45. The van der Waals surface area contributed by atoms with E-state index in [-0.39, 0.29) is 23.9 Å². The molecule has 1 atom stereocenters. The summed E-state index contributed by atoms with van der Waals surface area (Å²) >= 11 is 0. The number of hydrogen-bond donors (Lipinski definition) is 3. The van der Waals surface area contributed by atoms with Gasteiger partial charge in [-0.15, -0.1) is 12.4 Å². The van der Waals surface area contributed by atoms with E-state index in [4.69, 9.17) is 5.73 Å². The molecule has 1 rings (SSSR count). The maximum absolute atomic E-state index is 13.6. The second kappa shape index (κ2) is 9.48. The van der Waals surface area contributed by atoms with Crippen LogP contribution in [0, 0.1) is 11.7 Å². The lowest BCUT2D eigenvalue weighted by molar-refractivity contribution is -0.125. The highest BCUT2D eigenvalue weighted by molar-refractivity contribution is 5.97. The Hall–Kier alpha value is -1.80. The monoisotopic (exact) mass is 367 g/mol. The third-order valence-corrected chi connectivity index (χ3v) is 3.17. The van der Waals surface area contributed by atoms with Gasteiger partial charge in [0.25, 0.3) is 11.8 Å². The fraction of sp³-hybridized carbons (Fsp3) is 0.467. The van der Waals surface area contributed by atoms with E-state index in [1.54, 1.807) is 13.8 Å². The van der Waals surface area contributed by atoms with Gasteiger partial charge in [0.15, 0.2) is 0 Å². The van der Waals surface area contributed by atoms with Gasteiger partial charge in [-0.1, -0.05) is 26.0 Å². The van der Waals surface area contributed by atoms with Crippen molar-refractivity contribution in [3.8, 4) is 0 Å². The van der Waals surface area contributed by atoms with Gasteiger partial charge in [0.05, 0.1) is 18.7 Å². The molecule has 0 fully saturated rings. The lowest BCUT2D eigenvalue weighted by Gasteiger charge is -2.23. The minimum Gasteiger partial charge on any atom is -0.348 e. The number of nitrogens with one attached hydrogen (secondary N) is 2. The first-order valence-electron chi connectivity index (χ1n) is 7.09. The fourth-order valence-electron chi connectivity index (χ4n) is 1.80. The van der Waals surface area contributed by atoms with Gasteiger partial charge in [-0.25, -0.2) is 13.2 Å². The molecule has 0 aliphatic carbocycles. The highest BCUT2D eigenvalue weighted by Gasteiger charge is 2.31. The number of nitrogens with two attached hydrogens (primary N) is 1. The molecule has 0 spiro atoms. The molecule has 9 heteroatoms. The van der Waals surface area contributed by atoms with E-state index in [2.05, 4.69) is 5.32 Å². The largest absolute Gasteiger partial charge is 0.348 e. The number of alkyl halides is 2. The first kappa shape index (κ1) is 22.2. The van der Waals surface area contributed by atoms with Crippen LogP contribution in [0.3, 0.4) is 0 Å². The predicted octanol–water partition coefficient (Wildman–Crippen LogP) is 1.71. The first-order valence-corrected chi connectivity index (χ1v) is 7.09. The molecule has 136 valence electrons. The molecule has 2 amide bonds. The fourth-order valence-corrected chi connectivity index (χ4v) is 1.80. The minimum atomic E-state index is -3.23. The molecule has 5 nitrogen and oxygen atoms in total. The van der Waals surface area contributed by atoms with E-state index in [9.17, 15) is 22.8 Å². The summed E-state index contributed by atoms with van der Waals surface area (Å²) in [7, 11) is 0. The zero-order valence-electron chi connectivity index (χ0n) is 13.3. The van der Waals surface area contributed by atoms with E-state index in [0.29, 0.717) is 0 Å². The van der Waals surface area contributed by atoms with E-state index in [1.807, 2.05) is 5.32 Å². The number of rotatable bonds is 7. The van der Waals surface area contributed by atoms with Crippen molar-refractivity contribution in [3.05, 3.63) is 35.6 Å². The average Bonchev–Trinajstić information content (AvgIpc) is 2.50. The van der Waals surface area contributed by atoms with Crippen molar-refractivity contribution in [2.75, 3.05) is 13.1 Å². The van der Waals surface area contributed by atoms with Crippen molar-refractivity contribution >= 4 is 24.2 Å². The van der Waals surface area contributed by atoms with Crippen molar-refractivity contribution in [3.63, 3.8) is 0 Å². The van der Waals surface area contributed by atoms with Gasteiger partial charge in [0.2, 0.25) is 5.91 Å². The average molecular weight is 368 g/mol. The quantitative estimate of drug-likeness (QED) is 0.686. The number of hydrogen-bond acceptors (Lipinski definition) is 3. The number of carbonyl (C=O) groups excluding carboxylic acids is 2. The molecule has 0 saturated carbocycles. The Kier molecular flexibility index (Phi) is 8.77. The van der Waals surface area contributed by atoms with Gasteiger partial charge in [0, 0.05) is 0 Å². The standard InChI is InChI=1S/C15H20F3N3O2.ClH/c1-9(2)12(14(23)20-8-15(17,18)7-19)21-13(22)10-5-3-4-6-11(10)16;/h3-6,9,12H,7-8,19H2,1-2H3,(H,20,23)(H,21,22);1H. The molecule has 0 heterocycles. The molecular formula is C15H21ClF3N3O2. The molecule has 0 radical (unpaired) electrons. The highest BCUT2D eigenvalue weighted by atomic mass is 35.5. The maximum Gasteiger partial charge on any atom is 0.277 e. The SMILES string of the molecule is CC(C)C(NC(=O)c1ccccc1F)C(=O)NCC(F)(F)CN.Cl. The Morgan fingerprint density at radius 1 is 1.25 bits per heavy atom. The summed E-state index contributed by atoms with van der Waals surface area (Å²) in [5, 5.41) is 4.41. The number of amides is 2. The van der Waals surface area contributed by atoms with Crippen LogP contribution in [0.2, 0.25) is 0 Å². The third kappa shape index (κ3) is 6.37. The van der Waals surface area contributed by atoms with Crippen LogP contribution in [-0.2, 0) is 4.79 Å². The molecule has 24 heavy (non-hydrogen) atoms. The van der Waals surface area contributed by atoms with Crippen LogP contribution in [0.4, 0.5) is 13.2 Å². The van der Waals surface area contributed by atoms with Gasteiger partial charge in [0.1, 0.15) is 11.9 Å². The smallest absolute Gasteiger partial charge is 0.277 e. The van der Waals surface area contributed by atoms with Crippen molar-refractivity contribution in [1.82, 2.24) is 10.6 Å². The molecule has 0 saturated heterocycles. The summed E-state index contributed by atoms with van der Waals surface area (Å²) in [4.78, 5) is 24.0. The molecule has 0 bridgehead atoms. The Bertz CT molecular complexity index is 571.